The molecule has 0 unspecified atom stereocenters. The van der Waals surface area contributed by atoms with Gasteiger partial charge in [-0.1, -0.05) is 5.56 Å². The summed E-state index contributed by atoms with van der Waals surface area (Å²) in [5, 5.41) is 8.27. The third kappa shape index (κ3) is 3.61. The molecule has 0 heterocycles. The van der Waals surface area contributed by atoms with Crippen LogP contribution < -0.4 is 0 Å². The normalized spacial score (nSPS) is 7.00. The van der Waals surface area contributed by atoms with Gasteiger partial charge in [0.2, 0.25) is 0 Å². The van der Waals surface area contributed by atoms with Crippen molar-refractivity contribution in [1.29, 1.82) is 5.26 Å². The van der Waals surface area contributed by atoms with E-state index in [4.69, 9.17) is 15.0 Å². The van der Waals surface area contributed by atoms with E-state index in [0.717, 1.165) is 17.3 Å². The Morgan fingerprint density at radius 3 is 2.60 bits per heavy atom. The van der Waals surface area contributed by atoms with Gasteiger partial charge in [-0.3, -0.25) is 0 Å². The Bertz CT molecular complexity index is 205. The molecular weight excluding hydrogens is 199 g/mol. The van der Waals surface area contributed by atoms with Crippen molar-refractivity contribution in [3.05, 3.63) is 35.9 Å². The summed E-state index contributed by atoms with van der Waals surface area (Å²) in [7, 11) is 4.76. The molecule has 1 aromatic carbocycles. The number of hydrogen-bond donors (Lipinski definition) is 0. The SMILES string of the molecule is N#Cc1c[c-]ccc1.[Cl][Zn+]. The Morgan fingerprint density at radius 1 is 1.60 bits per heavy atom. The topological polar surface area (TPSA) is 23.8 Å². The zero-order valence-corrected chi connectivity index (χ0v) is 9.06. The minimum absolute atomic E-state index is 0.660. The summed E-state index contributed by atoms with van der Waals surface area (Å²) in [5.41, 5.74) is 0.660. The molecule has 0 spiro atoms. The van der Waals surface area contributed by atoms with Gasteiger partial charge < -0.3 is 0 Å². The first-order valence-corrected chi connectivity index (χ1v) is 6.46. The molecule has 0 aliphatic carbocycles. The maximum absolute atomic E-state index is 8.27. The van der Waals surface area contributed by atoms with E-state index >= 15 is 0 Å². The molecule has 1 rings (SSSR count). The van der Waals surface area contributed by atoms with Gasteiger partial charge in [-0.2, -0.15) is 30.3 Å². The Labute approximate surface area is 74.3 Å². The zero-order chi connectivity index (χ0) is 7.82. The van der Waals surface area contributed by atoms with Gasteiger partial charge in [0.25, 0.3) is 0 Å². The van der Waals surface area contributed by atoms with Crippen molar-refractivity contribution in [2.75, 3.05) is 0 Å². The first-order chi connectivity index (χ1) is 4.93. The number of nitriles is 1. The summed E-state index contributed by atoms with van der Waals surface area (Å²) in [6.07, 6.45) is 0. The van der Waals surface area contributed by atoms with Gasteiger partial charge in [-0.25, -0.2) is 5.26 Å². The van der Waals surface area contributed by atoms with Crippen molar-refractivity contribution >= 4 is 9.69 Å². The fourth-order valence-electron chi connectivity index (χ4n) is 0.463. The van der Waals surface area contributed by atoms with Gasteiger partial charge in [0.1, 0.15) is 0 Å². The van der Waals surface area contributed by atoms with Crippen LogP contribution >= 0.6 is 9.69 Å². The van der Waals surface area contributed by atoms with Crippen LogP contribution in [0.25, 0.3) is 0 Å². The molecule has 46 valence electrons. The van der Waals surface area contributed by atoms with Gasteiger partial charge in [-0.15, -0.1) is 0 Å². The molecule has 3 heteroatoms. The molecule has 0 fully saturated rings. The van der Waals surface area contributed by atoms with E-state index in [1.54, 1.807) is 24.3 Å². The molecule has 0 N–H and O–H groups in total. The Balaban J connectivity index is 0.000000371. The van der Waals surface area contributed by atoms with E-state index in [-0.39, 0.29) is 0 Å². The monoisotopic (exact) mass is 201 g/mol. The van der Waals surface area contributed by atoms with Crippen LogP contribution in [0.5, 0.6) is 0 Å². The molecule has 0 bridgehead atoms. The first kappa shape index (κ1) is 9.62. The molecule has 0 atom stereocenters. The summed E-state index contributed by atoms with van der Waals surface area (Å²) in [6.45, 7) is 0. The number of benzene rings is 1. The predicted molar refractivity (Wildman–Crippen MR) is 35.8 cm³/mol. The van der Waals surface area contributed by atoms with E-state index in [2.05, 4.69) is 6.07 Å². The van der Waals surface area contributed by atoms with Crippen LogP contribution in [0.15, 0.2) is 24.3 Å². The van der Waals surface area contributed by atoms with Crippen molar-refractivity contribution in [3.8, 4) is 6.07 Å². The molecule has 10 heavy (non-hydrogen) atoms. The van der Waals surface area contributed by atoms with Gasteiger partial charge in [0.05, 0.1) is 0 Å². The van der Waals surface area contributed by atoms with E-state index < -0.39 is 0 Å². The second-order valence-electron chi connectivity index (χ2n) is 1.40. The van der Waals surface area contributed by atoms with E-state index in [0.29, 0.717) is 5.56 Å². The number of hydrogen-bond acceptors (Lipinski definition) is 1. The Morgan fingerprint density at radius 2 is 2.30 bits per heavy atom. The fourth-order valence-corrected chi connectivity index (χ4v) is 0.463. The van der Waals surface area contributed by atoms with E-state index in [1.165, 1.54) is 0 Å². The average molecular weight is 203 g/mol. The van der Waals surface area contributed by atoms with Crippen molar-refractivity contribution in [1.82, 2.24) is 0 Å². The summed E-state index contributed by atoms with van der Waals surface area (Å²) in [4.78, 5) is 0. The van der Waals surface area contributed by atoms with Crippen LogP contribution in [0, 0.1) is 17.4 Å². The molecule has 0 saturated carbocycles. The maximum atomic E-state index is 8.27. The van der Waals surface area contributed by atoms with Crippen molar-refractivity contribution in [2.45, 2.75) is 0 Å². The third-order valence-electron chi connectivity index (χ3n) is 0.836. The molecule has 0 saturated heterocycles. The van der Waals surface area contributed by atoms with E-state index in [1.807, 2.05) is 6.07 Å². The second kappa shape index (κ2) is 6.74. The Kier molecular flexibility index (Phi) is 6.49. The van der Waals surface area contributed by atoms with Gasteiger partial charge in [-0.05, 0) is 0 Å². The van der Waals surface area contributed by atoms with Crippen LogP contribution in [0.1, 0.15) is 5.56 Å². The molecule has 1 nitrogen and oxygen atoms in total. The van der Waals surface area contributed by atoms with Crippen LogP contribution in [0.3, 0.4) is 0 Å². The summed E-state index contributed by atoms with van der Waals surface area (Å²) in [6, 6.07) is 11.7. The van der Waals surface area contributed by atoms with Crippen molar-refractivity contribution in [2.24, 2.45) is 0 Å². The molecular formula is C7H4ClNZn. The second-order valence-corrected chi connectivity index (χ2v) is 1.40. The number of nitrogens with zero attached hydrogens (tertiary/aromatic N) is 1. The quantitative estimate of drug-likeness (QED) is 0.467. The summed E-state index contributed by atoms with van der Waals surface area (Å²) >= 11 is 0.847. The molecule has 0 aromatic heterocycles. The molecule has 0 amide bonds. The minimum atomic E-state index is 0.660. The summed E-state index contributed by atoms with van der Waals surface area (Å²) < 4.78 is 0. The fraction of sp³-hybridized carbons (Fsp3) is 0. The molecule has 0 aliphatic heterocycles. The van der Waals surface area contributed by atoms with Gasteiger partial charge >= 0.3 is 27.0 Å². The summed E-state index contributed by atoms with van der Waals surface area (Å²) in [5.74, 6) is 0. The third-order valence-corrected chi connectivity index (χ3v) is 0.836. The van der Waals surface area contributed by atoms with E-state index in [9.17, 15) is 0 Å². The molecule has 1 aromatic rings. The number of rotatable bonds is 0. The van der Waals surface area contributed by atoms with Crippen molar-refractivity contribution in [3.63, 3.8) is 0 Å². The van der Waals surface area contributed by atoms with Gasteiger partial charge in [0, 0.05) is 6.07 Å². The molecule has 0 radical (unpaired) electrons. The molecule has 0 aliphatic rings. The van der Waals surface area contributed by atoms with Crippen molar-refractivity contribution < 1.29 is 17.3 Å². The average Bonchev–Trinajstić information content (AvgIpc) is 2.10. The first-order valence-electron chi connectivity index (χ1n) is 2.56. The van der Waals surface area contributed by atoms with Gasteiger partial charge in [0.15, 0.2) is 0 Å². The predicted octanol–water partition coefficient (Wildman–Crippen LogP) is 2.05. The number of halogens is 1. The zero-order valence-electron chi connectivity index (χ0n) is 5.34. The van der Waals surface area contributed by atoms with Crippen LogP contribution in [-0.2, 0) is 17.3 Å². The van der Waals surface area contributed by atoms with Crippen LogP contribution in [0.2, 0.25) is 0 Å². The van der Waals surface area contributed by atoms with Crippen LogP contribution in [0.4, 0.5) is 0 Å². The standard InChI is InChI=1S/C7H4N.ClH.Zn/c8-6-7-4-2-1-3-5-7;;/h1-2,4-5H;1H;/q-1;;+2/p-1. The van der Waals surface area contributed by atoms with Crippen LogP contribution in [-0.4, -0.2) is 0 Å². The Hall–Kier alpha value is -0.377.